The molecule has 0 amide bonds. The number of imidazole rings is 1. The molecule has 0 aliphatic heterocycles. The highest BCUT2D eigenvalue weighted by atomic mass is 15.1. The lowest BCUT2D eigenvalue weighted by molar-refractivity contribution is 1.06. The second kappa shape index (κ2) is 3.70. The zero-order valence-corrected chi connectivity index (χ0v) is 9.88. The fourth-order valence-electron chi connectivity index (χ4n) is 1.97. The summed E-state index contributed by atoms with van der Waals surface area (Å²) in [4.78, 5) is 8.83. The molecule has 0 bridgehead atoms. The maximum Gasteiger partial charge on any atom is 0.164 e. The van der Waals surface area contributed by atoms with Gasteiger partial charge >= 0.3 is 0 Å². The standard InChI is InChI=1S/C14H13N3/c1-10-4-3-5-12(6-10)17-9-16-13-7-11(2)8-15-14(13)17/h3-9H,1-2H3. The molecule has 0 unspecified atom stereocenters. The van der Waals surface area contributed by atoms with Gasteiger partial charge in [0.05, 0.1) is 0 Å². The highest BCUT2D eigenvalue weighted by Crippen LogP contribution is 2.17. The second-order valence-electron chi connectivity index (χ2n) is 4.31. The Balaban J connectivity index is 2.24. The van der Waals surface area contributed by atoms with Crippen molar-refractivity contribution in [3.05, 3.63) is 54.0 Å². The van der Waals surface area contributed by atoms with Gasteiger partial charge in [0.25, 0.3) is 0 Å². The van der Waals surface area contributed by atoms with Crippen LogP contribution in [0.1, 0.15) is 11.1 Å². The van der Waals surface area contributed by atoms with Gasteiger partial charge < -0.3 is 0 Å². The molecule has 3 aromatic rings. The summed E-state index contributed by atoms with van der Waals surface area (Å²) in [5, 5.41) is 0. The number of nitrogens with zero attached hydrogens (tertiary/aromatic N) is 3. The van der Waals surface area contributed by atoms with E-state index in [4.69, 9.17) is 0 Å². The van der Waals surface area contributed by atoms with Crippen LogP contribution in [0.3, 0.4) is 0 Å². The van der Waals surface area contributed by atoms with Gasteiger partial charge in [-0.05, 0) is 43.2 Å². The van der Waals surface area contributed by atoms with Crippen LogP contribution in [0.2, 0.25) is 0 Å². The lowest BCUT2D eigenvalue weighted by atomic mass is 10.2. The first kappa shape index (κ1) is 10.0. The van der Waals surface area contributed by atoms with Crippen molar-refractivity contribution in [2.75, 3.05) is 0 Å². The van der Waals surface area contributed by atoms with E-state index in [2.05, 4.69) is 41.2 Å². The third-order valence-corrected chi connectivity index (χ3v) is 2.80. The second-order valence-corrected chi connectivity index (χ2v) is 4.31. The highest BCUT2D eigenvalue weighted by molar-refractivity contribution is 5.73. The van der Waals surface area contributed by atoms with E-state index >= 15 is 0 Å². The molecular formula is C14H13N3. The summed E-state index contributed by atoms with van der Waals surface area (Å²) in [5.41, 5.74) is 5.31. The Labute approximate surface area is 99.8 Å². The van der Waals surface area contributed by atoms with E-state index in [-0.39, 0.29) is 0 Å². The van der Waals surface area contributed by atoms with Gasteiger partial charge in [0.1, 0.15) is 11.8 Å². The summed E-state index contributed by atoms with van der Waals surface area (Å²) in [5.74, 6) is 0. The Hall–Kier alpha value is -2.16. The Morgan fingerprint density at radius 2 is 1.88 bits per heavy atom. The van der Waals surface area contributed by atoms with Crippen LogP contribution in [0, 0.1) is 13.8 Å². The first-order chi connectivity index (χ1) is 8.24. The molecule has 1 aromatic carbocycles. The molecule has 84 valence electrons. The van der Waals surface area contributed by atoms with Crippen LogP contribution in [0.25, 0.3) is 16.9 Å². The van der Waals surface area contributed by atoms with Crippen molar-refractivity contribution in [1.82, 2.24) is 14.5 Å². The summed E-state index contributed by atoms with van der Waals surface area (Å²) < 4.78 is 2.02. The molecule has 0 spiro atoms. The van der Waals surface area contributed by atoms with E-state index in [0.29, 0.717) is 0 Å². The average molecular weight is 223 g/mol. The molecule has 0 saturated carbocycles. The molecule has 3 rings (SSSR count). The number of rotatable bonds is 1. The van der Waals surface area contributed by atoms with Gasteiger partial charge in [0, 0.05) is 11.9 Å². The van der Waals surface area contributed by atoms with Crippen LogP contribution in [-0.2, 0) is 0 Å². The Morgan fingerprint density at radius 3 is 2.71 bits per heavy atom. The number of aromatic nitrogens is 3. The van der Waals surface area contributed by atoms with Crippen molar-refractivity contribution >= 4 is 11.2 Å². The minimum atomic E-state index is 0.904. The quantitative estimate of drug-likeness (QED) is 0.634. The maximum absolute atomic E-state index is 4.45. The molecule has 0 saturated heterocycles. The molecule has 0 atom stereocenters. The van der Waals surface area contributed by atoms with Crippen molar-refractivity contribution in [2.45, 2.75) is 13.8 Å². The van der Waals surface area contributed by atoms with Crippen molar-refractivity contribution in [2.24, 2.45) is 0 Å². The summed E-state index contributed by atoms with van der Waals surface area (Å²) in [7, 11) is 0. The zero-order chi connectivity index (χ0) is 11.8. The highest BCUT2D eigenvalue weighted by Gasteiger charge is 2.05. The van der Waals surface area contributed by atoms with E-state index in [1.54, 1.807) is 0 Å². The average Bonchev–Trinajstić information content (AvgIpc) is 2.71. The molecule has 0 radical (unpaired) electrons. The Morgan fingerprint density at radius 1 is 1.00 bits per heavy atom. The van der Waals surface area contributed by atoms with Crippen molar-refractivity contribution < 1.29 is 0 Å². The van der Waals surface area contributed by atoms with Gasteiger partial charge in [-0.25, -0.2) is 9.97 Å². The summed E-state index contributed by atoms with van der Waals surface area (Å²) in [6.45, 7) is 4.11. The molecule has 0 aliphatic carbocycles. The van der Waals surface area contributed by atoms with E-state index < -0.39 is 0 Å². The number of hydrogen-bond acceptors (Lipinski definition) is 2. The van der Waals surface area contributed by atoms with Gasteiger partial charge in [-0.15, -0.1) is 0 Å². The normalized spacial score (nSPS) is 10.9. The molecular weight excluding hydrogens is 210 g/mol. The van der Waals surface area contributed by atoms with E-state index in [0.717, 1.165) is 22.4 Å². The minimum absolute atomic E-state index is 0.904. The van der Waals surface area contributed by atoms with Crippen molar-refractivity contribution in [3.63, 3.8) is 0 Å². The monoisotopic (exact) mass is 223 g/mol. The Bertz CT molecular complexity index is 683. The molecule has 2 heterocycles. The van der Waals surface area contributed by atoms with Gasteiger partial charge in [0.2, 0.25) is 0 Å². The number of fused-ring (bicyclic) bond motifs is 1. The number of pyridine rings is 1. The fourth-order valence-corrected chi connectivity index (χ4v) is 1.97. The molecule has 3 heteroatoms. The smallest absolute Gasteiger partial charge is 0.164 e. The first-order valence-electron chi connectivity index (χ1n) is 5.61. The SMILES string of the molecule is Cc1cccc(-n2cnc3cc(C)cnc32)c1. The predicted molar refractivity (Wildman–Crippen MR) is 68.3 cm³/mol. The predicted octanol–water partition coefficient (Wildman–Crippen LogP) is 3.04. The van der Waals surface area contributed by atoms with Crippen LogP contribution in [-0.4, -0.2) is 14.5 Å². The Kier molecular flexibility index (Phi) is 2.18. The molecule has 0 N–H and O–H groups in total. The summed E-state index contributed by atoms with van der Waals surface area (Å²) in [6, 6.07) is 10.4. The van der Waals surface area contributed by atoms with Gasteiger partial charge in [0.15, 0.2) is 5.65 Å². The molecule has 0 fully saturated rings. The minimum Gasteiger partial charge on any atom is -0.283 e. The topological polar surface area (TPSA) is 30.7 Å². The molecule has 2 aromatic heterocycles. The maximum atomic E-state index is 4.45. The lowest BCUT2D eigenvalue weighted by Gasteiger charge is -2.04. The van der Waals surface area contributed by atoms with Gasteiger partial charge in [-0.1, -0.05) is 12.1 Å². The largest absolute Gasteiger partial charge is 0.283 e. The van der Waals surface area contributed by atoms with Crippen molar-refractivity contribution in [1.29, 1.82) is 0 Å². The number of benzene rings is 1. The molecule has 17 heavy (non-hydrogen) atoms. The molecule has 0 aliphatic rings. The summed E-state index contributed by atoms with van der Waals surface area (Å²) >= 11 is 0. The fraction of sp³-hybridized carbons (Fsp3) is 0.143. The number of aryl methyl sites for hydroxylation is 2. The van der Waals surface area contributed by atoms with Crippen LogP contribution < -0.4 is 0 Å². The third-order valence-electron chi connectivity index (χ3n) is 2.80. The van der Waals surface area contributed by atoms with E-state index in [1.165, 1.54) is 5.56 Å². The van der Waals surface area contributed by atoms with Crippen LogP contribution in [0.5, 0.6) is 0 Å². The van der Waals surface area contributed by atoms with Gasteiger partial charge in [-0.2, -0.15) is 0 Å². The molecule has 3 nitrogen and oxygen atoms in total. The van der Waals surface area contributed by atoms with Gasteiger partial charge in [-0.3, -0.25) is 4.57 Å². The summed E-state index contributed by atoms with van der Waals surface area (Å²) in [6.07, 6.45) is 3.70. The van der Waals surface area contributed by atoms with Crippen LogP contribution in [0.15, 0.2) is 42.9 Å². The zero-order valence-electron chi connectivity index (χ0n) is 9.88. The lowest BCUT2D eigenvalue weighted by Crippen LogP contribution is -1.94. The van der Waals surface area contributed by atoms with E-state index in [1.807, 2.05) is 30.1 Å². The van der Waals surface area contributed by atoms with Crippen LogP contribution in [0.4, 0.5) is 0 Å². The van der Waals surface area contributed by atoms with Crippen LogP contribution >= 0.6 is 0 Å². The third kappa shape index (κ3) is 1.69. The number of hydrogen-bond donors (Lipinski definition) is 0. The van der Waals surface area contributed by atoms with Crippen molar-refractivity contribution in [3.8, 4) is 5.69 Å². The van der Waals surface area contributed by atoms with E-state index in [9.17, 15) is 0 Å². The first-order valence-corrected chi connectivity index (χ1v) is 5.61.